The van der Waals surface area contributed by atoms with Gasteiger partial charge in [-0.1, -0.05) is 32.9 Å². The summed E-state index contributed by atoms with van der Waals surface area (Å²) in [5.74, 6) is 0.0568. The minimum atomic E-state index is -4.49. The Morgan fingerprint density at radius 3 is 2.04 bits per heavy atom. The fourth-order valence-corrected chi connectivity index (χ4v) is 2.56. The van der Waals surface area contributed by atoms with E-state index >= 15 is 0 Å². The first-order valence-electron chi connectivity index (χ1n) is 8.83. The summed E-state index contributed by atoms with van der Waals surface area (Å²) in [6.45, 7) is 12.7. The van der Waals surface area contributed by atoms with Crippen LogP contribution in [-0.4, -0.2) is 15.6 Å². The molecule has 0 radical (unpaired) electrons. The highest BCUT2D eigenvalue weighted by Crippen LogP contribution is 2.38. The lowest BCUT2D eigenvalue weighted by Gasteiger charge is -2.25. The lowest BCUT2D eigenvalue weighted by atomic mass is 9.83. The number of rotatable bonds is 3. The Kier molecular flexibility index (Phi) is 7.18. The fourth-order valence-electron chi connectivity index (χ4n) is 2.56. The summed E-state index contributed by atoms with van der Waals surface area (Å²) in [7, 11) is 0. The van der Waals surface area contributed by atoms with Crippen molar-refractivity contribution in [3.8, 4) is 16.9 Å². The molecule has 2 rings (SSSR count). The second kappa shape index (κ2) is 8.29. The predicted octanol–water partition coefficient (Wildman–Crippen LogP) is 6.08. The van der Waals surface area contributed by atoms with Crippen molar-refractivity contribution in [3.05, 3.63) is 47.3 Å². The third-order valence-corrected chi connectivity index (χ3v) is 4.23. The van der Waals surface area contributed by atoms with Gasteiger partial charge in [-0.3, -0.25) is 4.98 Å². The highest BCUT2D eigenvalue weighted by Gasteiger charge is 2.32. The Morgan fingerprint density at radius 1 is 1.00 bits per heavy atom. The monoisotopic (exact) mass is 416 g/mol. The number of aromatic hydroxyl groups is 1. The third kappa shape index (κ3) is 6.11. The van der Waals surface area contributed by atoms with Crippen LogP contribution in [0, 0.1) is 0 Å². The molecule has 0 aliphatic rings. The van der Waals surface area contributed by atoms with Crippen LogP contribution in [-0.2, 0) is 18.1 Å². The highest BCUT2D eigenvalue weighted by atomic mass is 35.5. The van der Waals surface area contributed by atoms with E-state index in [-0.39, 0.29) is 29.1 Å². The quantitative estimate of drug-likeness (QED) is 0.637. The van der Waals surface area contributed by atoms with Crippen molar-refractivity contribution < 1.29 is 18.3 Å². The molecule has 0 amide bonds. The normalized spacial score (nSPS) is 12.6. The minimum absolute atomic E-state index is 0. The summed E-state index contributed by atoms with van der Waals surface area (Å²) < 4.78 is 38.3. The smallest absolute Gasteiger partial charge is 0.433 e. The van der Waals surface area contributed by atoms with E-state index in [9.17, 15) is 18.3 Å². The van der Waals surface area contributed by atoms with Gasteiger partial charge in [0.1, 0.15) is 11.4 Å². The highest BCUT2D eigenvalue weighted by molar-refractivity contribution is 5.85. The molecule has 0 bridgehead atoms. The Bertz CT molecular complexity index is 805. The maximum absolute atomic E-state index is 12.8. The molecule has 28 heavy (non-hydrogen) atoms. The first-order valence-corrected chi connectivity index (χ1v) is 8.83. The van der Waals surface area contributed by atoms with Crippen LogP contribution in [0.5, 0.6) is 5.75 Å². The SMILES string of the molecule is CC(C)(C)NCc1cc(C(C)(C)C)cc(-c2ccc(C(F)(F)F)nc2)c1O.Cl. The van der Waals surface area contributed by atoms with Gasteiger partial charge in [0.25, 0.3) is 0 Å². The molecule has 1 aromatic carbocycles. The molecule has 0 unspecified atom stereocenters. The van der Waals surface area contributed by atoms with E-state index in [1.54, 1.807) is 0 Å². The number of nitrogens with zero attached hydrogens (tertiary/aromatic N) is 1. The fraction of sp³-hybridized carbons (Fsp3) is 0.476. The van der Waals surface area contributed by atoms with Gasteiger partial charge < -0.3 is 10.4 Å². The number of phenols is 1. The molecule has 2 N–H and O–H groups in total. The van der Waals surface area contributed by atoms with Gasteiger partial charge in [0.2, 0.25) is 0 Å². The lowest BCUT2D eigenvalue weighted by molar-refractivity contribution is -0.141. The second-order valence-electron chi connectivity index (χ2n) is 8.81. The van der Waals surface area contributed by atoms with Crippen molar-refractivity contribution in [3.63, 3.8) is 0 Å². The van der Waals surface area contributed by atoms with Gasteiger partial charge in [-0.15, -0.1) is 12.4 Å². The van der Waals surface area contributed by atoms with Crippen LogP contribution in [0.4, 0.5) is 13.2 Å². The maximum Gasteiger partial charge on any atom is 0.433 e. The summed E-state index contributed by atoms with van der Waals surface area (Å²) in [4.78, 5) is 3.52. The molecule has 0 spiro atoms. The first-order chi connectivity index (χ1) is 12.2. The zero-order valence-electron chi connectivity index (χ0n) is 17.0. The van der Waals surface area contributed by atoms with Crippen molar-refractivity contribution in [2.24, 2.45) is 0 Å². The Labute approximate surface area is 170 Å². The van der Waals surface area contributed by atoms with E-state index in [4.69, 9.17) is 0 Å². The summed E-state index contributed by atoms with van der Waals surface area (Å²) in [5, 5.41) is 14.1. The Morgan fingerprint density at radius 2 is 1.61 bits per heavy atom. The molecule has 156 valence electrons. The first kappa shape index (κ1) is 24.2. The van der Waals surface area contributed by atoms with Crippen molar-refractivity contribution in [1.29, 1.82) is 0 Å². The molecule has 0 atom stereocenters. The number of hydrogen-bond acceptors (Lipinski definition) is 3. The number of benzene rings is 1. The van der Waals surface area contributed by atoms with Crippen LogP contribution in [0.25, 0.3) is 11.1 Å². The third-order valence-electron chi connectivity index (χ3n) is 4.23. The molecule has 0 saturated heterocycles. The Balaban J connectivity index is 0.00000392. The summed E-state index contributed by atoms with van der Waals surface area (Å²) in [5.41, 5.74) is 1.34. The molecule has 7 heteroatoms. The average molecular weight is 417 g/mol. The number of pyridine rings is 1. The van der Waals surface area contributed by atoms with Crippen LogP contribution < -0.4 is 5.32 Å². The molecule has 1 aromatic heterocycles. The molecule has 0 fully saturated rings. The van der Waals surface area contributed by atoms with Crippen molar-refractivity contribution in [2.45, 2.75) is 65.2 Å². The van der Waals surface area contributed by atoms with E-state index in [2.05, 4.69) is 31.1 Å². The van der Waals surface area contributed by atoms with Crippen molar-refractivity contribution >= 4 is 12.4 Å². The maximum atomic E-state index is 12.8. The Hall–Kier alpha value is -1.79. The van der Waals surface area contributed by atoms with Crippen LogP contribution in [0.1, 0.15) is 58.4 Å². The second-order valence-corrected chi connectivity index (χ2v) is 8.81. The molecule has 0 aliphatic heterocycles. The molecule has 0 saturated carbocycles. The van der Waals surface area contributed by atoms with E-state index in [1.165, 1.54) is 6.07 Å². The summed E-state index contributed by atoms with van der Waals surface area (Å²) in [6.07, 6.45) is -3.33. The zero-order chi connectivity index (χ0) is 20.6. The number of aromatic nitrogens is 1. The van der Waals surface area contributed by atoms with Crippen molar-refractivity contribution in [1.82, 2.24) is 10.3 Å². The van der Waals surface area contributed by atoms with Gasteiger partial charge in [-0.05, 0) is 43.9 Å². The minimum Gasteiger partial charge on any atom is -0.507 e. The number of nitrogens with one attached hydrogen (secondary N) is 1. The van der Waals surface area contributed by atoms with Crippen molar-refractivity contribution in [2.75, 3.05) is 0 Å². The molecule has 1 heterocycles. The molecular weight excluding hydrogens is 389 g/mol. The number of alkyl halides is 3. The van der Waals surface area contributed by atoms with Crippen LogP contribution in [0.3, 0.4) is 0 Å². The summed E-state index contributed by atoms with van der Waals surface area (Å²) in [6, 6.07) is 6.04. The molecular formula is C21H28ClF3N2O. The largest absolute Gasteiger partial charge is 0.507 e. The molecule has 0 aliphatic carbocycles. The van der Waals surface area contributed by atoms with Crippen LogP contribution in [0.15, 0.2) is 30.5 Å². The van der Waals surface area contributed by atoms with E-state index in [0.29, 0.717) is 23.2 Å². The predicted molar refractivity (Wildman–Crippen MR) is 109 cm³/mol. The van der Waals surface area contributed by atoms with Gasteiger partial charge >= 0.3 is 6.18 Å². The number of hydrogen-bond donors (Lipinski definition) is 2. The van der Waals surface area contributed by atoms with Gasteiger partial charge in [-0.25, -0.2) is 0 Å². The summed E-state index contributed by atoms with van der Waals surface area (Å²) >= 11 is 0. The van der Waals surface area contributed by atoms with E-state index in [0.717, 1.165) is 17.8 Å². The van der Waals surface area contributed by atoms with Crippen LogP contribution in [0.2, 0.25) is 0 Å². The van der Waals surface area contributed by atoms with Gasteiger partial charge in [0, 0.05) is 35.0 Å². The molecule has 2 aromatic rings. The van der Waals surface area contributed by atoms with Gasteiger partial charge in [0.15, 0.2) is 0 Å². The molecule has 3 nitrogen and oxygen atoms in total. The van der Waals surface area contributed by atoms with E-state index in [1.807, 2.05) is 32.9 Å². The zero-order valence-corrected chi connectivity index (χ0v) is 17.8. The topological polar surface area (TPSA) is 45.2 Å². The standard InChI is InChI=1S/C21H27F3N2O.ClH/c1-19(2,3)15-9-14(12-26-20(4,5)6)18(27)16(10-15)13-7-8-17(25-11-13)21(22,23)24;/h7-11,26-27H,12H2,1-6H3;1H. The van der Waals surface area contributed by atoms with E-state index < -0.39 is 11.9 Å². The van der Waals surface area contributed by atoms with Gasteiger partial charge in [-0.2, -0.15) is 13.2 Å². The number of phenolic OH excluding ortho intramolecular Hbond substituents is 1. The van der Waals surface area contributed by atoms with Crippen LogP contribution >= 0.6 is 12.4 Å². The lowest BCUT2D eigenvalue weighted by Crippen LogP contribution is -2.35. The average Bonchev–Trinajstić information content (AvgIpc) is 2.51. The number of halogens is 4. The van der Waals surface area contributed by atoms with Gasteiger partial charge in [0.05, 0.1) is 0 Å².